The molecule has 20 heavy (non-hydrogen) atoms. The summed E-state index contributed by atoms with van der Waals surface area (Å²) in [6, 6.07) is 13.2. The highest BCUT2D eigenvalue weighted by molar-refractivity contribution is 5.41. The second-order valence-electron chi connectivity index (χ2n) is 4.26. The maximum atomic E-state index is 8.91. The fraction of sp³-hybridized carbons (Fsp3) is 0.250. The Labute approximate surface area is 118 Å². The first-order valence-electron chi connectivity index (χ1n) is 6.38. The molecule has 0 aliphatic rings. The largest absolute Gasteiger partial charge is 0.496 e. The van der Waals surface area contributed by atoms with Crippen molar-refractivity contribution in [3.05, 3.63) is 59.4 Å². The molecule has 0 atom stereocenters. The average molecular weight is 268 g/mol. The topological polar surface area (TPSA) is 55.1 Å². The van der Waals surface area contributed by atoms with Crippen LogP contribution >= 0.6 is 0 Å². The van der Waals surface area contributed by atoms with Crippen molar-refractivity contribution in [3.63, 3.8) is 0 Å². The predicted molar refractivity (Wildman–Crippen MR) is 75.3 cm³/mol. The number of methoxy groups -OCH3 is 1. The van der Waals surface area contributed by atoms with Crippen LogP contribution < -0.4 is 4.74 Å². The maximum Gasteiger partial charge on any atom is 0.124 e. The lowest BCUT2D eigenvalue weighted by molar-refractivity contribution is 0.121. The molecule has 0 saturated heterocycles. The van der Waals surface area contributed by atoms with Gasteiger partial charge in [0, 0.05) is 23.9 Å². The number of rotatable bonds is 6. The van der Waals surface area contributed by atoms with E-state index in [1.54, 1.807) is 31.5 Å². The summed E-state index contributed by atoms with van der Waals surface area (Å²) in [5.74, 6) is 0.738. The van der Waals surface area contributed by atoms with Gasteiger partial charge >= 0.3 is 0 Å². The Balaban J connectivity index is 1.89. The van der Waals surface area contributed by atoms with Gasteiger partial charge in [-0.1, -0.05) is 6.07 Å². The van der Waals surface area contributed by atoms with Gasteiger partial charge in [-0.3, -0.25) is 4.98 Å². The van der Waals surface area contributed by atoms with Crippen molar-refractivity contribution in [1.29, 1.82) is 5.26 Å². The van der Waals surface area contributed by atoms with Crippen molar-refractivity contribution in [2.45, 2.75) is 13.0 Å². The molecule has 1 aromatic carbocycles. The number of ether oxygens (including phenoxy) is 2. The first-order valence-corrected chi connectivity index (χ1v) is 6.38. The first-order chi connectivity index (χ1) is 9.83. The molecule has 1 heterocycles. The summed E-state index contributed by atoms with van der Waals surface area (Å²) in [5, 5.41) is 8.91. The molecule has 2 aromatic rings. The molecule has 2 rings (SSSR count). The van der Waals surface area contributed by atoms with E-state index in [9.17, 15) is 0 Å². The minimum atomic E-state index is 0.422. The molecule has 102 valence electrons. The number of benzene rings is 1. The van der Waals surface area contributed by atoms with E-state index in [0.717, 1.165) is 23.4 Å². The van der Waals surface area contributed by atoms with Crippen molar-refractivity contribution in [1.82, 2.24) is 4.98 Å². The zero-order chi connectivity index (χ0) is 14.2. The van der Waals surface area contributed by atoms with Crippen molar-refractivity contribution in [2.75, 3.05) is 13.7 Å². The zero-order valence-corrected chi connectivity index (χ0v) is 11.4. The molecule has 0 unspecified atom stereocenters. The Bertz CT molecular complexity index is 591. The monoisotopic (exact) mass is 268 g/mol. The van der Waals surface area contributed by atoms with E-state index in [2.05, 4.69) is 11.1 Å². The van der Waals surface area contributed by atoms with Crippen LogP contribution in [0.2, 0.25) is 0 Å². The third-order valence-electron chi connectivity index (χ3n) is 2.90. The van der Waals surface area contributed by atoms with Gasteiger partial charge in [-0.15, -0.1) is 0 Å². The predicted octanol–water partition coefficient (Wildman–Crippen LogP) is 2.72. The fourth-order valence-electron chi connectivity index (χ4n) is 1.87. The van der Waals surface area contributed by atoms with Crippen LogP contribution in [0.5, 0.6) is 5.75 Å². The van der Waals surface area contributed by atoms with Crippen LogP contribution in [0, 0.1) is 11.3 Å². The molecule has 0 radical (unpaired) electrons. The van der Waals surface area contributed by atoms with Crippen LogP contribution in [-0.4, -0.2) is 18.7 Å². The molecule has 4 nitrogen and oxygen atoms in total. The molecule has 1 aromatic heterocycles. The lowest BCUT2D eigenvalue weighted by Gasteiger charge is -2.09. The molecule has 0 N–H and O–H groups in total. The Hall–Kier alpha value is -2.38. The molecular formula is C16H16N2O2. The fourth-order valence-corrected chi connectivity index (χ4v) is 1.87. The lowest BCUT2D eigenvalue weighted by atomic mass is 10.1. The SMILES string of the molecule is COc1ccc(C#N)cc1COCCc1ccccn1. The van der Waals surface area contributed by atoms with Gasteiger partial charge in [0.2, 0.25) is 0 Å². The van der Waals surface area contributed by atoms with E-state index in [4.69, 9.17) is 14.7 Å². The molecular weight excluding hydrogens is 252 g/mol. The third kappa shape index (κ3) is 3.81. The van der Waals surface area contributed by atoms with Gasteiger partial charge in [-0.25, -0.2) is 0 Å². The summed E-state index contributed by atoms with van der Waals surface area (Å²) in [4.78, 5) is 4.24. The van der Waals surface area contributed by atoms with Crippen LogP contribution in [0.1, 0.15) is 16.8 Å². The van der Waals surface area contributed by atoms with Crippen LogP contribution in [0.25, 0.3) is 0 Å². The molecule has 0 amide bonds. The second-order valence-corrected chi connectivity index (χ2v) is 4.26. The molecule has 0 spiro atoms. The van der Waals surface area contributed by atoms with Gasteiger partial charge in [-0.2, -0.15) is 5.26 Å². The standard InChI is InChI=1S/C16H16N2O2/c1-19-16-6-5-13(11-17)10-14(16)12-20-9-7-15-4-2-3-8-18-15/h2-6,8,10H,7,9,12H2,1H3. The van der Waals surface area contributed by atoms with Crippen LogP contribution in [0.3, 0.4) is 0 Å². The van der Waals surface area contributed by atoms with Gasteiger partial charge in [0.15, 0.2) is 0 Å². The summed E-state index contributed by atoms with van der Waals surface area (Å²) in [6.07, 6.45) is 2.54. The van der Waals surface area contributed by atoms with E-state index < -0.39 is 0 Å². The summed E-state index contributed by atoms with van der Waals surface area (Å²) < 4.78 is 10.9. The normalized spacial score (nSPS) is 10.0. The van der Waals surface area contributed by atoms with Gasteiger partial charge < -0.3 is 9.47 Å². The first kappa shape index (κ1) is 14.0. The maximum absolute atomic E-state index is 8.91. The smallest absolute Gasteiger partial charge is 0.124 e. The number of hydrogen-bond donors (Lipinski definition) is 0. The second kappa shape index (κ2) is 7.27. The summed E-state index contributed by atoms with van der Waals surface area (Å²) in [7, 11) is 1.61. The minimum absolute atomic E-state index is 0.422. The molecule has 0 aliphatic heterocycles. The van der Waals surface area contributed by atoms with Crippen LogP contribution in [0.15, 0.2) is 42.6 Å². The van der Waals surface area contributed by atoms with Gasteiger partial charge in [0.05, 0.1) is 32.0 Å². The number of aromatic nitrogens is 1. The zero-order valence-electron chi connectivity index (χ0n) is 11.4. The lowest BCUT2D eigenvalue weighted by Crippen LogP contribution is -2.02. The summed E-state index contributed by atoms with van der Waals surface area (Å²) in [6.45, 7) is 1.00. The molecule has 0 saturated carbocycles. The Morgan fingerprint density at radius 1 is 1.25 bits per heavy atom. The molecule has 0 aliphatic carbocycles. The summed E-state index contributed by atoms with van der Waals surface area (Å²) in [5.41, 5.74) is 2.49. The van der Waals surface area contributed by atoms with E-state index >= 15 is 0 Å². The Morgan fingerprint density at radius 3 is 2.85 bits per heavy atom. The van der Waals surface area contributed by atoms with E-state index in [-0.39, 0.29) is 0 Å². The van der Waals surface area contributed by atoms with Crippen molar-refractivity contribution < 1.29 is 9.47 Å². The average Bonchev–Trinajstić information content (AvgIpc) is 2.52. The highest BCUT2D eigenvalue weighted by Crippen LogP contribution is 2.20. The number of pyridine rings is 1. The number of nitriles is 1. The van der Waals surface area contributed by atoms with E-state index in [1.165, 1.54) is 0 Å². The van der Waals surface area contributed by atoms with Gasteiger partial charge in [-0.05, 0) is 30.3 Å². The number of nitrogens with zero attached hydrogens (tertiary/aromatic N) is 2. The van der Waals surface area contributed by atoms with Crippen LogP contribution in [0.4, 0.5) is 0 Å². The number of hydrogen-bond acceptors (Lipinski definition) is 4. The minimum Gasteiger partial charge on any atom is -0.496 e. The summed E-state index contributed by atoms with van der Waals surface area (Å²) >= 11 is 0. The van der Waals surface area contributed by atoms with Crippen molar-refractivity contribution >= 4 is 0 Å². The molecule has 0 bridgehead atoms. The van der Waals surface area contributed by atoms with E-state index in [0.29, 0.717) is 18.8 Å². The highest BCUT2D eigenvalue weighted by atomic mass is 16.5. The molecule has 0 fully saturated rings. The van der Waals surface area contributed by atoms with Gasteiger partial charge in [0.25, 0.3) is 0 Å². The van der Waals surface area contributed by atoms with Crippen molar-refractivity contribution in [2.24, 2.45) is 0 Å². The Morgan fingerprint density at radius 2 is 2.15 bits per heavy atom. The quantitative estimate of drug-likeness (QED) is 0.756. The third-order valence-corrected chi connectivity index (χ3v) is 2.90. The van der Waals surface area contributed by atoms with Gasteiger partial charge in [0.1, 0.15) is 5.75 Å². The Kier molecular flexibility index (Phi) is 5.10. The van der Waals surface area contributed by atoms with Crippen molar-refractivity contribution in [3.8, 4) is 11.8 Å². The van der Waals surface area contributed by atoms with Crippen LogP contribution in [-0.2, 0) is 17.8 Å². The molecule has 4 heteroatoms. The highest BCUT2D eigenvalue weighted by Gasteiger charge is 2.05. The van der Waals surface area contributed by atoms with E-state index in [1.807, 2.05) is 18.2 Å².